The molecule has 4 nitrogen and oxygen atoms in total. The standard InChI is InChI=1S/C20H13BrN2O2/c21-13-7-12(8-22-9-13)17-15-6-5-11-3-1-2-4-14(11)19(15)23-16-10-25-20(24)18(16)17/h1-9,17,23H,10H2. The van der Waals surface area contributed by atoms with Crippen LogP contribution in [0.25, 0.3) is 10.8 Å². The summed E-state index contributed by atoms with van der Waals surface area (Å²) in [6.45, 7) is 0.286. The number of ether oxygens (including phenoxy) is 1. The SMILES string of the molecule is O=C1OCC2=C1C(c1cncc(Br)c1)c1ccc3ccccc3c1N2. The molecular weight excluding hydrogens is 380 g/mol. The smallest absolute Gasteiger partial charge is 0.337 e. The van der Waals surface area contributed by atoms with Crippen LogP contribution in [0.4, 0.5) is 5.69 Å². The topological polar surface area (TPSA) is 51.2 Å². The van der Waals surface area contributed by atoms with Crippen LogP contribution in [0, 0.1) is 0 Å². The Morgan fingerprint density at radius 2 is 2.04 bits per heavy atom. The van der Waals surface area contributed by atoms with E-state index in [0.717, 1.165) is 37.8 Å². The lowest BCUT2D eigenvalue weighted by Crippen LogP contribution is -2.20. The zero-order chi connectivity index (χ0) is 17.0. The van der Waals surface area contributed by atoms with E-state index in [-0.39, 0.29) is 18.5 Å². The highest BCUT2D eigenvalue weighted by Gasteiger charge is 2.39. The highest BCUT2D eigenvalue weighted by molar-refractivity contribution is 9.10. The molecular formula is C20H13BrN2O2. The molecule has 5 rings (SSSR count). The highest BCUT2D eigenvalue weighted by atomic mass is 79.9. The van der Waals surface area contributed by atoms with Crippen LogP contribution in [-0.2, 0) is 9.53 Å². The number of nitrogens with one attached hydrogen (secondary N) is 1. The van der Waals surface area contributed by atoms with Gasteiger partial charge in [-0.1, -0.05) is 36.4 Å². The molecule has 5 heteroatoms. The summed E-state index contributed by atoms with van der Waals surface area (Å²) in [6, 6.07) is 14.4. The molecule has 0 saturated carbocycles. The van der Waals surface area contributed by atoms with Gasteiger partial charge in [-0.15, -0.1) is 0 Å². The average Bonchev–Trinajstić information content (AvgIpc) is 3.00. The van der Waals surface area contributed by atoms with Crippen LogP contribution in [0.5, 0.6) is 0 Å². The van der Waals surface area contributed by atoms with Crippen molar-refractivity contribution < 1.29 is 9.53 Å². The number of rotatable bonds is 1. The third-order valence-electron chi connectivity index (χ3n) is 4.79. The molecule has 0 amide bonds. The first-order valence-electron chi connectivity index (χ1n) is 8.01. The van der Waals surface area contributed by atoms with Crippen molar-refractivity contribution in [3.05, 3.63) is 81.7 Å². The zero-order valence-corrected chi connectivity index (χ0v) is 14.7. The molecule has 3 heterocycles. The lowest BCUT2D eigenvalue weighted by molar-refractivity contribution is -0.136. The summed E-state index contributed by atoms with van der Waals surface area (Å²) in [5.74, 6) is -0.442. The number of fused-ring (bicyclic) bond motifs is 3. The van der Waals surface area contributed by atoms with E-state index in [2.05, 4.69) is 50.5 Å². The van der Waals surface area contributed by atoms with E-state index in [1.165, 1.54) is 0 Å². The van der Waals surface area contributed by atoms with Gasteiger partial charge in [-0.05, 0) is 38.5 Å². The highest BCUT2D eigenvalue weighted by Crippen LogP contribution is 2.46. The van der Waals surface area contributed by atoms with Crippen molar-refractivity contribution in [3.63, 3.8) is 0 Å². The molecule has 25 heavy (non-hydrogen) atoms. The summed E-state index contributed by atoms with van der Waals surface area (Å²) in [5.41, 5.74) is 4.61. The average molecular weight is 393 g/mol. The van der Waals surface area contributed by atoms with Crippen molar-refractivity contribution in [1.82, 2.24) is 4.98 Å². The van der Waals surface area contributed by atoms with E-state index in [0.29, 0.717) is 5.57 Å². The lowest BCUT2D eigenvalue weighted by Gasteiger charge is -2.28. The number of cyclic esters (lactones) is 1. The fraction of sp³-hybridized carbons (Fsp3) is 0.100. The summed E-state index contributed by atoms with van der Waals surface area (Å²) in [7, 11) is 0. The quantitative estimate of drug-likeness (QED) is 0.624. The number of benzene rings is 2. The van der Waals surface area contributed by atoms with Gasteiger partial charge in [-0.3, -0.25) is 4.98 Å². The fourth-order valence-electron chi connectivity index (χ4n) is 3.72. The summed E-state index contributed by atoms with van der Waals surface area (Å²) in [5, 5.41) is 5.75. The van der Waals surface area contributed by atoms with Gasteiger partial charge in [0.2, 0.25) is 0 Å². The van der Waals surface area contributed by atoms with Crippen LogP contribution in [-0.4, -0.2) is 17.6 Å². The predicted molar refractivity (Wildman–Crippen MR) is 99.3 cm³/mol. The molecule has 122 valence electrons. The molecule has 1 atom stereocenters. The fourth-order valence-corrected chi connectivity index (χ4v) is 4.10. The normalized spacial score (nSPS) is 18.6. The third kappa shape index (κ3) is 2.19. The number of hydrogen-bond acceptors (Lipinski definition) is 4. The minimum Gasteiger partial charge on any atom is -0.456 e. The first kappa shape index (κ1) is 14.7. The molecule has 0 bridgehead atoms. The van der Waals surface area contributed by atoms with Gasteiger partial charge in [0.25, 0.3) is 0 Å². The maximum atomic E-state index is 12.4. The Labute approximate surface area is 152 Å². The van der Waals surface area contributed by atoms with E-state index in [4.69, 9.17) is 4.74 Å². The number of carbonyl (C=O) groups excluding carboxylic acids is 1. The molecule has 0 spiro atoms. The van der Waals surface area contributed by atoms with Crippen molar-refractivity contribution in [3.8, 4) is 0 Å². The molecule has 0 aliphatic carbocycles. The van der Waals surface area contributed by atoms with Crippen LogP contribution in [0.15, 0.2) is 70.6 Å². The van der Waals surface area contributed by atoms with Crippen LogP contribution in [0.2, 0.25) is 0 Å². The van der Waals surface area contributed by atoms with Gasteiger partial charge in [0.05, 0.1) is 17.0 Å². The molecule has 2 aliphatic rings. The maximum Gasteiger partial charge on any atom is 0.337 e. The minimum absolute atomic E-state index is 0.184. The van der Waals surface area contributed by atoms with Crippen LogP contribution >= 0.6 is 15.9 Å². The molecule has 0 radical (unpaired) electrons. The second-order valence-corrected chi connectivity index (χ2v) is 7.13. The van der Waals surface area contributed by atoms with Crippen LogP contribution < -0.4 is 5.32 Å². The number of aromatic nitrogens is 1. The molecule has 1 unspecified atom stereocenters. The molecule has 0 saturated heterocycles. The van der Waals surface area contributed by atoms with Crippen LogP contribution in [0.3, 0.4) is 0 Å². The Balaban J connectivity index is 1.81. The third-order valence-corrected chi connectivity index (χ3v) is 5.22. The van der Waals surface area contributed by atoms with Crippen molar-refractivity contribution >= 4 is 38.4 Å². The van der Waals surface area contributed by atoms with E-state index in [1.54, 1.807) is 6.20 Å². The Morgan fingerprint density at radius 1 is 1.16 bits per heavy atom. The minimum atomic E-state index is -0.258. The molecule has 1 N–H and O–H groups in total. The number of carbonyl (C=O) groups is 1. The number of nitrogens with zero attached hydrogens (tertiary/aromatic N) is 1. The van der Waals surface area contributed by atoms with Gasteiger partial charge in [0, 0.05) is 28.2 Å². The first-order chi connectivity index (χ1) is 12.2. The van der Waals surface area contributed by atoms with E-state index >= 15 is 0 Å². The second kappa shape index (κ2) is 5.43. The molecule has 3 aromatic rings. The number of halogens is 1. The van der Waals surface area contributed by atoms with E-state index < -0.39 is 0 Å². The molecule has 1 aromatic heterocycles. The zero-order valence-electron chi connectivity index (χ0n) is 13.1. The van der Waals surface area contributed by atoms with Crippen LogP contribution in [0.1, 0.15) is 17.0 Å². The molecule has 2 aromatic carbocycles. The summed E-state index contributed by atoms with van der Waals surface area (Å²) >= 11 is 3.49. The van der Waals surface area contributed by atoms with E-state index in [9.17, 15) is 4.79 Å². The van der Waals surface area contributed by atoms with Gasteiger partial charge in [-0.2, -0.15) is 0 Å². The molecule has 0 fully saturated rings. The largest absolute Gasteiger partial charge is 0.456 e. The first-order valence-corrected chi connectivity index (χ1v) is 8.81. The number of pyridine rings is 1. The number of hydrogen-bond donors (Lipinski definition) is 1. The predicted octanol–water partition coefficient (Wildman–Crippen LogP) is 4.37. The second-order valence-electron chi connectivity index (χ2n) is 6.21. The van der Waals surface area contributed by atoms with Gasteiger partial charge >= 0.3 is 5.97 Å². The maximum absolute atomic E-state index is 12.4. The van der Waals surface area contributed by atoms with Gasteiger partial charge < -0.3 is 10.1 Å². The molecule has 2 aliphatic heterocycles. The summed E-state index contributed by atoms with van der Waals surface area (Å²) in [4.78, 5) is 16.7. The van der Waals surface area contributed by atoms with Crippen molar-refractivity contribution in [2.24, 2.45) is 0 Å². The number of anilines is 1. The van der Waals surface area contributed by atoms with Crippen molar-refractivity contribution in [1.29, 1.82) is 0 Å². The Kier molecular flexibility index (Phi) is 3.18. The van der Waals surface area contributed by atoms with Crippen molar-refractivity contribution in [2.75, 3.05) is 11.9 Å². The van der Waals surface area contributed by atoms with Gasteiger partial charge in [0.1, 0.15) is 6.61 Å². The summed E-state index contributed by atoms with van der Waals surface area (Å²) in [6.07, 6.45) is 3.56. The Morgan fingerprint density at radius 3 is 2.92 bits per heavy atom. The number of esters is 1. The van der Waals surface area contributed by atoms with Gasteiger partial charge in [-0.25, -0.2) is 4.79 Å². The Bertz CT molecular complexity index is 1070. The van der Waals surface area contributed by atoms with Crippen molar-refractivity contribution in [2.45, 2.75) is 5.92 Å². The monoisotopic (exact) mass is 392 g/mol. The lowest BCUT2D eigenvalue weighted by atomic mass is 9.81. The Hall–Kier alpha value is -2.66. The summed E-state index contributed by atoms with van der Waals surface area (Å²) < 4.78 is 6.21. The van der Waals surface area contributed by atoms with Gasteiger partial charge in [0.15, 0.2) is 0 Å². The van der Waals surface area contributed by atoms with E-state index in [1.807, 2.05) is 24.4 Å².